The summed E-state index contributed by atoms with van der Waals surface area (Å²) in [6.45, 7) is 1.33. The number of rotatable bonds is 2. The molecule has 0 radical (unpaired) electrons. The maximum Gasteiger partial charge on any atom is 0.347 e. The van der Waals surface area contributed by atoms with Crippen LogP contribution in [-0.4, -0.2) is 11.0 Å². The quantitative estimate of drug-likeness (QED) is 0.517. The molecule has 0 saturated heterocycles. The summed E-state index contributed by atoms with van der Waals surface area (Å²) in [6.07, 6.45) is 0. The maximum atomic E-state index is 12.0. The van der Waals surface area contributed by atoms with Crippen LogP contribution in [0, 0.1) is 0 Å². The number of carbonyl (C=O) groups excluding carboxylic acids is 1. The van der Waals surface area contributed by atoms with Gasteiger partial charge in [0.25, 0.3) is 0 Å². The van der Waals surface area contributed by atoms with Crippen molar-refractivity contribution in [3.8, 4) is 17.2 Å². The number of halogens is 1. The minimum Gasteiger partial charge on any atom is -0.427 e. The van der Waals surface area contributed by atoms with E-state index in [-0.39, 0.29) is 5.89 Å². The van der Waals surface area contributed by atoms with E-state index in [1.807, 2.05) is 6.07 Å². The molecule has 0 amide bonds. The van der Waals surface area contributed by atoms with Crippen molar-refractivity contribution in [3.05, 3.63) is 57.4 Å². The molecular formula is C16H10BrNO4. The lowest BCUT2D eigenvalue weighted by molar-refractivity contribution is -0.131. The summed E-state index contributed by atoms with van der Waals surface area (Å²) in [5, 5.41) is 0.412. The highest BCUT2D eigenvalue weighted by atomic mass is 79.9. The van der Waals surface area contributed by atoms with Crippen molar-refractivity contribution in [2.75, 3.05) is 0 Å². The molecule has 0 saturated carbocycles. The molecule has 0 aliphatic heterocycles. The number of aromatic nitrogens is 1. The fourth-order valence-electron chi connectivity index (χ4n) is 2.00. The standard InChI is InChI=1S/C16H10BrNO4/c1-9(19)21-12-5-2-10(3-6-12)15-18-14-7-4-11(17)8-13(14)16(20)22-15/h2-8H,1H3. The molecule has 0 bridgehead atoms. The molecule has 2 aromatic carbocycles. The van der Waals surface area contributed by atoms with Crippen LogP contribution in [0.3, 0.4) is 0 Å². The van der Waals surface area contributed by atoms with Crippen molar-refractivity contribution in [2.24, 2.45) is 0 Å². The van der Waals surface area contributed by atoms with Gasteiger partial charge in [-0.25, -0.2) is 9.78 Å². The van der Waals surface area contributed by atoms with E-state index >= 15 is 0 Å². The van der Waals surface area contributed by atoms with E-state index in [0.29, 0.717) is 22.2 Å². The number of ether oxygens (including phenoxy) is 1. The zero-order valence-electron chi connectivity index (χ0n) is 11.5. The molecule has 6 heteroatoms. The molecule has 0 atom stereocenters. The molecule has 1 aromatic heterocycles. The molecule has 0 spiro atoms. The lowest BCUT2D eigenvalue weighted by Gasteiger charge is -2.04. The van der Waals surface area contributed by atoms with E-state index in [0.717, 1.165) is 4.47 Å². The van der Waals surface area contributed by atoms with Gasteiger partial charge >= 0.3 is 11.6 Å². The summed E-state index contributed by atoms with van der Waals surface area (Å²) in [6, 6.07) is 11.8. The largest absolute Gasteiger partial charge is 0.427 e. The highest BCUT2D eigenvalue weighted by Crippen LogP contribution is 2.23. The Labute approximate surface area is 133 Å². The number of hydrogen-bond acceptors (Lipinski definition) is 5. The van der Waals surface area contributed by atoms with Gasteiger partial charge in [0.1, 0.15) is 5.75 Å². The van der Waals surface area contributed by atoms with E-state index in [4.69, 9.17) is 9.15 Å². The molecule has 5 nitrogen and oxygen atoms in total. The Hall–Kier alpha value is -2.47. The predicted octanol–water partition coefficient (Wildman–Crippen LogP) is 3.54. The molecular weight excluding hydrogens is 350 g/mol. The van der Waals surface area contributed by atoms with Gasteiger partial charge in [0, 0.05) is 17.0 Å². The lowest BCUT2D eigenvalue weighted by atomic mass is 10.2. The Bertz CT molecular complexity index is 916. The number of carbonyl (C=O) groups is 1. The summed E-state index contributed by atoms with van der Waals surface area (Å²) in [4.78, 5) is 27.3. The Morgan fingerprint density at radius 1 is 1.18 bits per heavy atom. The number of fused-ring (bicyclic) bond motifs is 1. The van der Waals surface area contributed by atoms with Gasteiger partial charge in [-0.3, -0.25) is 4.79 Å². The number of esters is 1. The van der Waals surface area contributed by atoms with Gasteiger partial charge in [-0.05, 0) is 42.5 Å². The van der Waals surface area contributed by atoms with Gasteiger partial charge in [0.2, 0.25) is 5.89 Å². The molecule has 1 heterocycles. The minimum absolute atomic E-state index is 0.217. The Morgan fingerprint density at radius 3 is 2.59 bits per heavy atom. The molecule has 0 fully saturated rings. The second-order valence-corrected chi connectivity index (χ2v) is 5.50. The first-order valence-corrected chi connectivity index (χ1v) is 7.21. The second-order valence-electron chi connectivity index (χ2n) is 4.59. The highest BCUT2D eigenvalue weighted by Gasteiger charge is 2.09. The van der Waals surface area contributed by atoms with Gasteiger partial charge in [0.15, 0.2) is 0 Å². The molecule has 22 heavy (non-hydrogen) atoms. The second kappa shape index (κ2) is 5.73. The maximum absolute atomic E-state index is 12.0. The number of hydrogen-bond donors (Lipinski definition) is 0. The SMILES string of the molecule is CC(=O)Oc1ccc(-c2nc3ccc(Br)cc3c(=O)o2)cc1. The Balaban J connectivity index is 2.05. The fraction of sp³-hybridized carbons (Fsp3) is 0.0625. The highest BCUT2D eigenvalue weighted by molar-refractivity contribution is 9.10. The Kier molecular flexibility index (Phi) is 3.77. The van der Waals surface area contributed by atoms with Gasteiger partial charge in [-0.15, -0.1) is 0 Å². The molecule has 3 rings (SSSR count). The summed E-state index contributed by atoms with van der Waals surface area (Å²) >= 11 is 3.31. The van der Waals surface area contributed by atoms with E-state index < -0.39 is 11.6 Å². The van der Waals surface area contributed by atoms with Gasteiger partial charge in [-0.1, -0.05) is 15.9 Å². The fourth-order valence-corrected chi connectivity index (χ4v) is 2.36. The third-order valence-corrected chi connectivity index (χ3v) is 3.45. The number of benzene rings is 2. The van der Waals surface area contributed by atoms with Crippen molar-refractivity contribution in [1.29, 1.82) is 0 Å². The molecule has 0 N–H and O–H groups in total. The summed E-state index contributed by atoms with van der Waals surface area (Å²) in [5.74, 6) is 0.242. The van der Waals surface area contributed by atoms with E-state index in [1.54, 1.807) is 36.4 Å². The van der Waals surface area contributed by atoms with Crippen LogP contribution in [0.2, 0.25) is 0 Å². The van der Waals surface area contributed by atoms with Crippen LogP contribution in [-0.2, 0) is 4.79 Å². The molecule has 3 aromatic rings. The van der Waals surface area contributed by atoms with Crippen LogP contribution in [0.4, 0.5) is 0 Å². The average molecular weight is 360 g/mol. The normalized spacial score (nSPS) is 10.6. The first-order valence-electron chi connectivity index (χ1n) is 6.42. The van der Waals surface area contributed by atoms with Crippen molar-refractivity contribution in [3.63, 3.8) is 0 Å². The monoisotopic (exact) mass is 359 g/mol. The van der Waals surface area contributed by atoms with Crippen molar-refractivity contribution in [1.82, 2.24) is 4.98 Å². The van der Waals surface area contributed by atoms with Gasteiger partial charge in [0.05, 0.1) is 10.9 Å². The molecule has 0 unspecified atom stereocenters. The van der Waals surface area contributed by atoms with E-state index in [9.17, 15) is 9.59 Å². The van der Waals surface area contributed by atoms with Crippen LogP contribution in [0.1, 0.15) is 6.92 Å². The topological polar surface area (TPSA) is 69.4 Å². The third-order valence-electron chi connectivity index (χ3n) is 2.95. The average Bonchev–Trinajstić information content (AvgIpc) is 2.48. The first kappa shape index (κ1) is 14.5. The van der Waals surface area contributed by atoms with Crippen LogP contribution in [0.5, 0.6) is 5.75 Å². The summed E-state index contributed by atoms with van der Waals surface area (Å²) in [5.41, 5.74) is 0.724. The minimum atomic E-state index is -0.453. The third kappa shape index (κ3) is 2.92. The summed E-state index contributed by atoms with van der Waals surface area (Å²) < 4.78 is 11.0. The molecule has 0 aliphatic rings. The zero-order valence-corrected chi connectivity index (χ0v) is 13.1. The van der Waals surface area contributed by atoms with E-state index in [1.165, 1.54) is 6.92 Å². The molecule has 0 aliphatic carbocycles. The van der Waals surface area contributed by atoms with Crippen LogP contribution >= 0.6 is 15.9 Å². The van der Waals surface area contributed by atoms with Crippen molar-refractivity contribution in [2.45, 2.75) is 6.92 Å². The van der Waals surface area contributed by atoms with Gasteiger partial charge in [-0.2, -0.15) is 0 Å². The predicted molar refractivity (Wildman–Crippen MR) is 84.7 cm³/mol. The smallest absolute Gasteiger partial charge is 0.347 e. The van der Waals surface area contributed by atoms with E-state index in [2.05, 4.69) is 20.9 Å². The van der Waals surface area contributed by atoms with Crippen LogP contribution in [0.25, 0.3) is 22.4 Å². The summed E-state index contributed by atoms with van der Waals surface area (Å²) in [7, 11) is 0. The van der Waals surface area contributed by atoms with Gasteiger partial charge < -0.3 is 9.15 Å². The first-order chi connectivity index (χ1) is 10.5. The van der Waals surface area contributed by atoms with Crippen LogP contribution in [0.15, 0.2) is 56.1 Å². The van der Waals surface area contributed by atoms with Crippen LogP contribution < -0.4 is 10.4 Å². The Morgan fingerprint density at radius 2 is 1.91 bits per heavy atom. The van der Waals surface area contributed by atoms with Crippen molar-refractivity contribution < 1.29 is 13.9 Å². The zero-order chi connectivity index (χ0) is 15.7. The lowest BCUT2D eigenvalue weighted by Crippen LogP contribution is -2.03. The van der Waals surface area contributed by atoms with Crippen molar-refractivity contribution >= 4 is 32.8 Å². The number of nitrogens with zero attached hydrogens (tertiary/aromatic N) is 1. The molecule has 110 valence electrons.